The van der Waals surface area contributed by atoms with Crippen LogP contribution in [0.2, 0.25) is 0 Å². The van der Waals surface area contributed by atoms with Crippen LogP contribution in [0.15, 0.2) is 54.6 Å². The number of hydroxylamine groups is 2. The molecular formula is C37H56N4O4. The summed E-state index contributed by atoms with van der Waals surface area (Å²) in [5.74, 6) is 1.01. The van der Waals surface area contributed by atoms with E-state index in [0.29, 0.717) is 29.7 Å². The van der Waals surface area contributed by atoms with Crippen molar-refractivity contribution in [1.82, 2.24) is 20.2 Å². The van der Waals surface area contributed by atoms with E-state index >= 15 is 0 Å². The van der Waals surface area contributed by atoms with Gasteiger partial charge in [-0.15, -0.1) is 0 Å². The minimum Gasteiger partial charge on any atom is -0.394 e. The molecule has 45 heavy (non-hydrogen) atoms. The van der Waals surface area contributed by atoms with E-state index in [1.807, 2.05) is 0 Å². The molecule has 3 saturated carbocycles. The van der Waals surface area contributed by atoms with Gasteiger partial charge >= 0.3 is 0 Å². The van der Waals surface area contributed by atoms with Crippen molar-refractivity contribution >= 4 is 5.91 Å². The number of amides is 1. The Balaban J connectivity index is 1.28. The van der Waals surface area contributed by atoms with Crippen molar-refractivity contribution in [3.05, 3.63) is 71.3 Å². The van der Waals surface area contributed by atoms with Crippen LogP contribution in [0.1, 0.15) is 57.2 Å². The molecule has 8 atom stereocenters. The molecule has 1 saturated heterocycles. The summed E-state index contributed by atoms with van der Waals surface area (Å²) in [6.45, 7) is 12.6. The number of carbonyl (C=O) groups is 1. The van der Waals surface area contributed by atoms with E-state index in [1.54, 1.807) is 12.0 Å². The highest BCUT2D eigenvalue weighted by atomic mass is 16.7. The fraction of sp³-hybridized carbons (Fsp3) is 0.649. The Bertz CT molecular complexity index is 1250. The van der Waals surface area contributed by atoms with Crippen LogP contribution in [0.3, 0.4) is 0 Å². The van der Waals surface area contributed by atoms with Gasteiger partial charge in [-0.2, -0.15) is 5.06 Å². The molecule has 3 N–H and O–H groups in total. The number of nitrogens with zero attached hydrogens (tertiary/aromatic N) is 3. The summed E-state index contributed by atoms with van der Waals surface area (Å²) < 4.78 is 0. The molecule has 1 amide bonds. The summed E-state index contributed by atoms with van der Waals surface area (Å²) >= 11 is 0. The van der Waals surface area contributed by atoms with E-state index in [2.05, 4.69) is 105 Å². The molecule has 4 aliphatic rings. The number of rotatable bonds is 14. The van der Waals surface area contributed by atoms with Crippen LogP contribution in [0.4, 0.5) is 0 Å². The van der Waals surface area contributed by atoms with Gasteiger partial charge in [0.2, 0.25) is 5.91 Å². The molecule has 3 aliphatic carbocycles. The Kier molecular flexibility index (Phi) is 11.0. The zero-order valence-electron chi connectivity index (χ0n) is 28.2. The first-order chi connectivity index (χ1) is 21.5. The Morgan fingerprint density at radius 3 is 2.40 bits per heavy atom. The molecule has 8 heteroatoms. The van der Waals surface area contributed by atoms with Crippen molar-refractivity contribution in [2.45, 2.75) is 84.3 Å². The molecule has 0 radical (unpaired) electrons. The van der Waals surface area contributed by atoms with Crippen LogP contribution in [0, 0.1) is 29.1 Å². The average Bonchev–Trinajstić information content (AvgIpc) is 3.38. The molecule has 2 aromatic carbocycles. The molecule has 0 spiro atoms. The topological polar surface area (TPSA) is 88.5 Å². The average molecular weight is 621 g/mol. The third-order valence-electron chi connectivity index (χ3n) is 11.2. The van der Waals surface area contributed by atoms with E-state index < -0.39 is 24.2 Å². The van der Waals surface area contributed by atoms with Crippen molar-refractivity contribution in [3.8, 4) is 0 Å². The van der Waals surface area contributed by atoms with Crippen molar-refractivity contribution in [3.63, 3.8) is 0 Å². The van der Waals surface area contributed by atoms with Crippen LogP contribution in [0.25, 0.3) is 0 Å². The summed E-state index contributed by atoms with van der Waals surface area (Å²) in [5.41, 5.74) is 3.93. The number of hydrogen-bond donors (Lipinski definition) is 3. The lowest BCUT2D eigenvalue weighted by molar-refractivity contribution is -0.183. The zero-order valence-corrected chi connectivity index (χ0v) is 28.2. The van der Waals surface area contributed by atoms with Crippen LogP contribution in [-0.4, -0.2) is 95.6 Å². The fourth-order valence-electron chi connectivity index (χ4n) is 8.29. The Morgan fingerprint density at radius 2 is 1.76 bits per heavy atom. The van der Waals surface area contributed by atoms with Gasteiger partial charge in [0.05, 0.1) is 19.3 Å². The molecular weight excluding hydrogens is 564 g/mol. The number of carbonyl (C=O) groups excluding carboxylic acids is 1. The Hall–Kier alpha value is -2.33. The van der Waals surface area contributed by atoms with Gasteiger partial charge in [0.25, 0.3) is 0 Å². The highest BCUT2D eigenvalue weighted by Crippen LogP contribution is 2.61. The largest absolute Gasteiger partial charge is 0.394 e. The Morgan fingerprint density at radius 1 is 1.04 bits per heavy atom. The molecule has 2 unspecified atom stereocenters. The second-order valence-electron chi connectivity index (χ2n) is 14.9. The van der Waals surface area contributed by atoms with Crippen LogP contribution in [0.5, 0.6) is 0 Å². The smallest absolute Gasteiger partial charge is 0.240 e. The van der Waals surface area contributed by atoms with Crippen molar-refractivity contribution in [2.24, 2.45) is 29.1 Å². The van der Waals surface area contributed by atoms with Gasteiger partial charge in [-0.05, 0) is 80.1 Å². The van der Waals surface area contributed by atoms with Crippen LogP contribution < -0.4 is 5.32 Å². The summed E-state index contributed by atoms with van der Waals surface area (Å²) in [6.07, 6.45) is 1.79. The molecule has 8 nitrogen and oxygen atoms in total. The number of aliphatic hydroxyl groups is 2. The minimum absolute atomic E-state index is 0.111. The van der Waals surface area contributed by atoms with Crippen LogP contribution in [-0.2, 0) is 29.1 Å². The first-order valence-corrected chi connectivity index (χ1v) is 17.0. The third-order valence-corrected chi connectivity index (χ3v) is 11.2. The van der Waals surface area contributed by atoms with Crippen molar-refractivity contribution in [1.29, 1.82) is 0 Å². The lowest BCUT2D eigenvalue weighted by atomic mass is 9.45. The molecule has 1 aliphatic heterocycles. The highest BCUT2D eigenvalue weighted by molar-refractivity contribution is 5.82. The van der Waals surface area contributed by atoms with E-state index in [9.17, 15) is 15.0 Å². The molecule has 2 aromatic rings. The number of aliphatic hydroxyl groups excluding tert-OH is 2. The fourth-order valence-corrected chi connectivity index (χ4v) is 8.29. The number of fused-ring (bicyclic) bond motifs is 2. The minimum atomic E-state index is -0.805. The van der Waals surface area contributed by atoms with Gasteiger partial charge in [-0.1, -0.05) is 75.4 Å². The second-order valence-corrected chi connectivity index (χ2v) is 14.9. The van der Waals surface area contributed by atoms with Gasteiger partial charge in [0.1, 0.15) is 12.1 Å². The van der Waals surface area contributed by atoms with Gasteiger partial charge in [0, 0.05) is 38.1 Å². The summed E-state index contributed by atoms with van der Waals surface area (Å²) in [5, 5.41) is 26.1. The van der Waals surface area contributed by atoms with Crippen LogP contribution >= 0.6 is 0 Å². The normalized spacial score (nSPS) is 30.0. The molecule has 2 bridgehead atoms. The summed E-state index contributed by atoms with van der Waals surface area (Å²) in [6, 6.07) is 18.6. The summed E-state index contributed by atoms with van der Waals surface area (Å²) in [7, 11) is 4.22. The molecule has 4 fully saturated rings. The predicted molar refractivity (Wildman–Crippen MR) is 178 cm³/mol. The van der Waals surface area contributed by atoms with Crippen molar-refractivity contribution in [2.75, 3.05) is 40.3 Å². The van der Waals surface area contributed by atoms with E-state index in [4.69, 9.17) is 4.84 Å². The molecule has 248 valence electrons. The maximum atomic E-state index is 14.0. The number of benzene rings is 2. The quantitative estimate of drug-likeness (QED) is 0.295. The first-order valence-electron chi connectivity index (χ1n) is 17.0. The molecule has 0 aromatic heterocycles. The maximum absolute atomic E-state index is 14.0. The lowest BCUT2D eigenvalue weighted by Crippen LogP contribution is -2.62. The van der Waals surface area contributed by atoms with E-state index in [1.165, 1.54) is 17.5 Å². The predicted octanol–water partition coefficient (Wildman–Crippen LogP) is 3.95. The molecule has 6 rings (SSSR count). The van der Waals surface area contributed by atoms with Gasteiger partial charge in [-0.25, -0.2) is 0 Å². The maximum Gasteiger partial charge on any atom is 0.240 e. The first kappa shape index (κ1) is 34.0. The number of nitrogens with one attached hydrogen (secondary N) is 1. The SMILES string of the molecule is C[C@H](O)[C@@H]1[C@H](CO)ON(Cc2cccc(CN(CCc3ccccc3)CCN(C)C)c2)[C@@H]1C(=O)N[C@H]1CC2CC([C@@H]1C)C2(C)C. The van der Waals surface area contributed by atoms with Gasteiger partial charge < -0.3 is 20.4 Å². The third kappa shape index (κ3) is 7.80. The lowest BCUT2D eigenvalue weighted by Gasteiger charge is -2.62. The molecule has 1 heterocycles. The monoisotopic (exact) mass is 620 g/mol. The highest BCUT2D eigenvalue weighted by Gasteiger charge is 2.57. The van der Waals surface area contributed by atoms with Gasteiger partial charge in [-0.3, -0.25) is 14.5 Å². The van der Waals surface area contributed by atoms with Gasteiger partial charge in [0.15, 0.2) is 0 Å². The standard InChI is InChI=1S/C37H56N4O4/c1-25-31-20-30(37(31,3)4)21-32(25)38-36(44)35-34(26(2)43)33(24-42)45-41(35)23-29-14-10-13-28(19-29)22-40(18-17-39(5)6)16-15-27-11-8-7-9-12-27/h7-14,19,25-26,30-35,42-43H,15-18,20-24H2,1-6H3,(H,38,44)/t25-,26-,30?,31?,32-,33-,34+,35-/m0/s1. The van der Waals surface area contributed by atoms with E-state index in [0.717, 1.165) is 44.6 Å². The Labute approximate surface area is 270 Å². The summed E-state index contributed by atoms with van der Waals surface area (Å²) in [4.78, 5) is 24.9. The van der Waals surface area contributed by atoms with Crippen molar-refractivity contribution < 1.29 is 19.8 Å². The second kappa shape index (κ2) is 14.6. The number of hydrogen-bond acceptors (Lipinski definition) is 7. The zero-order chi connectivity index (χ0) is 32.3. The van der Waals surface area contributed by atoms with E-state index in [-0.39, 0.29) is 18.6 Å². The number of likely N-dealkylation sites (N-methyl/N-ethyl adjacent to an activating group) is 1.